The van der Waals surface area contributed by atoms with Crippen LogP contribution in [0.4, 0.5) is 0 Å². The van der Waals surface area contributed by atoms with Gasteiger partial charge in [0.2, 0.25) is 0 Å². The number of carbonyl (C=O) groups is 1. The molecule has 3 heteroatoms. The van der Waals surface area contributed by atoms with Crippen molar-refractivity contribution in [1.29, 1.82) is 0 Å². The van der Waals surface area contributed by atoms with E-state index in [4.69, 9.17) is 9.47 Å². The molecule has 0 atom stereocenters. The number of hydrogen-bond acceptors (Lipinski definition) is 3. The summed E-state index contributed by atoms with van der Waals surface area (Å²) in [6.45, 7) is 9.80. The quantitative estimate of drug-likeness (QED) is 0.571. The molecular weight excluding hydrogens is 300 g/mol. The van der Waals surface area contributed by atoms with Gasteiger partial charge in [0.15, 0.2) is 0 Å². The summed E-state index contributed by atoms with van der Waals surface area (Å²) in [5.74, 6) is 1.21. The molecule has 0 spiro atoms. The standard InChI is InChI=1S/C20H24O3.CH4/c1-13-11-16(7-9-18(13)22-6)20(4,5)17-8-10-19(14(2)12-17)23-15(3)21;/h7-12H,1-6H3;1H4. The van der Waals surface area contributed by atoms with Crippen LogP contribution >= 0.6 is 0 Å². The van der Waals surface area contributed by atoms with Crippen LogP contribution in [0.15, 0.2) is 36.4 Å². The maximum atomic E-state index is 11.1. The lowest BCUT2D eigenvalue weighted by Crippen LogP contribution is -2.19. The Morgan fingerprint density at radius 1 is 0.917 bits per heavy atom. The van der Waals surface area contributed by atoms with E-state index in [9.17, 15) is 4.79 Å². The highest BCUT2D eigenvalue weighted by Crippen LogP contribution is 2.35. The molecule has 130 valence electrons. The number of carbonyl (C=O) groups excluding carboxylic acids is 1. The number of ether oxygens (including phenoxy) is 2. The van der Waals surface area contributed by atoms with E-state index in [2.05, 4.69) is 32.0 Å². The number of hydrogen-bond donors (Lipinski definition) is 0. The summed E-state index contributed by atoms with van der Waals surface area (Å²) in [5.41, 5.74) is 4.31. The van der Waals surface area contributed by atoms with Gasteiger partial charge in [-0.3, -0.25) is 4.79 Å². The second-order valence-corrected chi connectivity index (χ2v) is 6.38. The predicted octanol–water partition coefficient (Wildman–Crippen LogP) is 5.20. The Kier molecular flexibility index (Phi) is 6.19. The highest BCUT2D eigenvalue weighted by Gasteiger charge is 2.24. The van der Waals surface area contributed by atoms with Crippen LogP contribution in [0.2, 0.25) is 0 Å². The second-order valence-electron chi connectivity index (χ2n) is 6.38. The molecule has 0 unspecified atom stereocenters. The van der Waals surface area contributed by atoms with Gasteiger partial charge in [-0.15, -0.1) is 0 Å². The Balaban J connectivity index is 0.00000288. The molecule has 2 aromatic carbocycles. The van der Waals surface area contributed by atoms with Crippen molar-refractivity contribution in [2.45, 2.75) is 47.5 Å². The average molecular weight is 328 g/mol. The molecule has 24 heavy (non-hydrogen) atoms. The number of rotatable bonds is 4. The van der Waals surface area contributed by atoms with Crippen LogP contribution in [0.5, 0.6) is 11.5 Å². The largest absolute Gasteiger partial charge is 0.496 e. The minimum absolute atomic E-state index is 0. The first kappa shape index (κ1) is 19.8. The minimum atomic E-state index is -0.300. The lowest BCUT2D eigenvalue weighted by Gasteiger charge is -2.27. The Hall–Kier alpha value is -2.29. The lowest BCUT2D eigenvalue weighted by atomic mass is 9.77. The highest BCUT2D eigenvalue weighted by atomic mass is 16.5. The second kappa shape index (κ2) is 7.52. The van der Waals surface area contributed by atoms with Crippen molar-refractivity contribution in [1.82, 2.24) is 0 Å². The first-order chi connectivity index (χ1) is 10.8. The zero-order chi connectivity index (χ0) is 17.2. The fourth-order valence-corrected chi connectivity index (χ4v) is 2.74. The molecule has 0 N–H and O–H groups in total. The van der Waals surface area contributed by atoms with Crippen LogP contribution in [0.1, 0.15) is 50.5 Å². The fraction of sp³-hybridized carbons (Fsp3) is 0.381. The van der Waals surface area contributed by atoms with Crippen molar-refractivity contribution < 1.29 is 14.3 Å². The first-order valence-electron chi connectivity index (χ1n) is 7.70. The predicted molar refractivity (Wildman–Crippen MR) is 99.1 cm³/mol. The van der Waals surface area contributed by atoms with Crippen LogP contribution in [0.3, 0.4) is 0 Å². The maximum Gasteiger partial charge on any atom is 0.308 e. The zero-order valence-corrected chi connectivity index (χ0v) is 14.7. The van der Waals surface area contributed by atoms with E-state index in [0.29, 0.717) is 5.75 Å². The third-order valence-corrected chi connectivity index (χ3v) is 4.27. The van der Waals surface area contributed by atoms with E-state index < -0.39 is 0 Å². The summed E-state index contributed by atoms with van der Waals surface area (Å²) in [6.07, 6.45) is 0. The normalized spacial score (nSPS) is 10.8. The first-order valence-corrected chi connectivity index (χ1v) is 7.70. The van der Waals surface area contributed by atoms with E-state index in [1.807, 2.05) is 32.0 Å². The summed E-state index contributed by atoms with van der Waals surface area (Å²) in [4.78, 5) is 11.1. The summed E-state index contributed by atoms with van der Waals surface area (Å²) in [7, 11) is 1.68. The van der Waals surface area contributed by atoms with Gasteiger partial charge in [0, 0.05) is 12.3 Å². The van der Waals surface area contributed by atoms with E-state index in [1.165, 1.54) is 18.1 Å². The van der Waals surface area contributed by atoms with Crippen LogP contribution in [-0.2, 0) is 10.2 Å². The van der Waals surface area contributed by atoms with Crippen molar-refractivity contribution in [2.75, 3.05) is 7.11 Å². The molecular formula is C21H28O3. The molecule has 0 aliphatic carbocycles. The Bertz CT molecular complexity index is 730. The van der Waals surface area contributed by atoms with Gasteiger partial charge in [0.1, 0.15) is 11.5 Å². The van der Waals surface area contributed by atoms with Gasteiger partial charge in [-0.05, 0) is 48.2 Å². The summed E-state index contributed by atoms with van der Waals surface area (Å²) in [5, 5.41) is 0. The van der Waals surface area contributed by atoms with Crippen molar-refractivity contribution in [3.63, 3.8) is 0 Å². The van der Waals surface area contributed by atoms with Gasteiger partial charge in [-0.2, -0.15) is 0 Å². The fourth-order valence-electron chi connectivity index (χ4n) is 2.74. The SMILES string of the molecule is C.COc1ccc(C(C)(C)c2ccc(OC(C)=O)c(C)c2)cc1C. The van der Waals surface area contributed by atoms with E-state index in [0.717, 1.165) is 16.9 Å². The molecule has 3 nitrogen and oxygen atoms in total. The summed E-state index contributed by atoms with van der Waals surface area (Å²) in [6, 6.07) is 12.2. The van der Waals surface area contributed by atoms with Gasteiger partial charge >= 0.3 is 5.97 Å². The summed E-state index contributed by atoms with van der Waals surface area (Å²) >= 11 is 0. The van der Waals surface area contributed by atoms with Crippen molar-refractivity contribution in [2.24, 2.45) is 0 Å². The molecule has 0 bridgehead atoms. The number of aryl methyl sites for hydroxylation is 2. The zero-order valence-electron chi connectivity index (χ0n) is 14.7. The molecule has 2 rings (SSSR count). The maximum absolute atomic E-state index is 11.1. The topological polar surface area (TPSA) is 35.5 Å². The average Bonchev–Trinajstić information content (AvgIpc) is 2.48. The third-order valence-electron chi connectivity index (χ3n) is 4.27. The minimum Gasteiger partial charge on any atom is -0.496 e. The molecule has 0 fully saturated rings. The van der Waals surface area contributed by atoms with E-state index >= 15 is 0 Å². The molecule has 0 saturated heterocycles. The Labute approximate surface area is 145 Å². The molecule has 0 radical (unpaired) electrons. The Morgan fingerprint density at radius 2 is 1.38 bits per heavy atom. The Morgan fingerprint density at radius 3 is 1.75 bits per heavy atom. The molecule has 0 saturated carbocycles. The van der Waals surface area contributed by atoms with Gasteiger partial charge < -0.3 is 9.47 Å². The van der Waals surface area contributed by atoms with Gasteiger partial charge in [0.25, 0.3) is 0 Å². The number of benzene rings is 2. The van der Waals surface area contributed by atoms with Gasteiger partial charge in [-0.1, -0.05) is 45.5 Å². The molecule has 0 aliphatic rings. The molecule has 0 aromatic heterocycles. The molecule has 2 aromatic rings. The van der Waals surface area contributed by atoms with Crippen LogP contribution in [0.25, 0.3) is 0 Å². The highest BCUT2D eigenvalue weighted by molar-refractivity contribution is 5.69. The number of esters is 1. The third kappa shape index (κ3) is 3.97. The molecule has 0 aliphatic heterocycles. The van der Waals surface area contributed by atoms with Crippen molar-refractivity contribution in [3.05, 3.63) is 58.7 Å². The molecule has 0 heterocycles. The van der Waals surface area contributed by atoms with Gasteiger partial charge in [-0.25, -0.2) is 0 Å². The summed E-state index contributed by atoms with van der Waals surface area (Å²) < 4.78 is 10.6. The van der Waals surface area contributed by atoms with Crippen molar-refractivity contribution in [3.8, 4) is 11.5 Å². The van der Waals surface area contributed by atoms with Crippen LogP contribution < -0.4 is 9.47 Å². The lowest BCUT2D eigenvalue weighted by molar-refractivity contribution is -0.131. The number of methoxy groups -OCH3 is 1. The monoisotopic (exact) mass is 328 g/mol. The van der Waals surface area contributed by atoms with Gasteiger partial charge in [0.05, 0.1) is 7.11 Å². The van der Waals surface area contributed by atoms with Crippen LogP contribution in [-0.4, -0.2) is 13.1 Å². The smallest absolute Gasteiger partial charge is 0.308 e. The van der Waals surface area contributed by atoms with Crippen molar-refractivity contribution >= 4 is 5.97 Å². The molecule has 0 amide bonds. The van der Waals surface area contributed by atoms with E-state index in [-0.39, 0.29) is 18.8 Å². The van der Waals surface area contributed by atoms with E-state index in [1.54, 1.807) is 7.11 Å². The van der Waals surface area contributed by atoms with Crippen LogP contribution in [0, 0.1) is 13.8 Å².